The van der Waals surface area contributed by atoms with Gasteiger partial charge in [0.15, 0.2) is 0 Å². The molecule has 0 aliphatic rings. The van der Waals surface area contributed by atoms with Crippen LogP contribution in [0.25, 0.3) is 0 Å². The molecule has 4 aromatic carbocycles. The summed E-state index contributed by atoms with van der Waals surface area (Å²) in [7, 11) is 1.56. The highest BCUT2D eigenvalue weighted by Crippen LogP contribution is 2.37. The SMILES string of the molecule is COc1ccc(C(=O)Nc2cccc(SC(C(=O)Nc3ccc(Cl)c(C(=O)O)c3)c3ccccc3)c2)cc1. The van der Waals surface area contributed by atoms with Crippen LogP contribution in [0.15, 0.2) is 102 Å². The average Bonchev–Trinajstić information content (AvgIpc) is 2.93. The Labute approximate surface area is 228 Å². The molecule has 3 N–H and O–H groups in total. The molecule has 2 amide bonds. The number of halogens is 1. The van der Waals surface area contributed by atoms with E-state index < -0.39 is 11.2 Å². The third kappa shape index (κ3) is 6.73. The lowest BCUT2D eigenvalue weighted by Crippen LogP contribution is -2.19. The second kappa shape index (κ2) is 12.3. The molecule has 4 rings (SSSR count). The molecule has 9 heteroatoms. The molecule has 0 saturated carbocycles. The molecule has 0 aromatic heterocycles. The first kappa shape index (κ1) is 26.8. The maximum Gasteiger partial charge on any atom is 0.337 e. The molecule has 0 bridgehead atoms. The normalized spacial score (nSPS) is 11.3. The van der Waals surface area contributed by atoms with E-state index >= 15 is 0 Å². The Kier molecular flexibility index (Phi) is 8.68. The quantitative estimate of drug-likeness (QED) is 0.200. The van der Waals surface area contributed by atoms with Crippen molar-refractivity contribution in [2.45, 2.75) is 10.1 Å². The number of carbonyl (C=O) groups is 3. The van der Waals surface area contributed by atoms with Crippen LogP contribution < -0.4 is 15.4 Å². The van der Waals surface area contributed by atoms with Crippen LogP contribution in [0.3, 0.4) is 0 Å². The number of benzene rings is 4. The lowest BCUT2D eigenvalue weighted by molar-refractivity contribution is -0.115. The highest BCUT2D eigenvalue weighted by molar-refractivity contribution is 8.00. The van der Waals surface area contributed by atoms with Gasteiger partial charge in [0, 0.05) is 21.8 Å². The van der Waals surface area contributed by atoms with Crippen LogP contribution >= 0.6 is 23.4 Å². The molecule has 0 fully saturated rings. The number of carboxylic acid groups (broad SMARTS) is 1. The van der Waals surface area contributed by atoms with Crippen LogP contribution in [0.2, 0.25) is 5.02 Å². The minimum Gasteiger partial charge on any atom is -0.497 e. The van der Waals surface area contributed by atoms with Crippen molar-refractivity contribution in [2.24, 2.45) is 0 Å². The smallest absolute Gasteiger partial charge is 0.337 e. The molecule has 1 unspecified atom stereocenters. The molecule has 0 heterocycles. The summed E-state index contributed by atoms with van der Waals surface area (Å²) in [5.41, 5.74) is 2.03. The monoisotopic (exact) mass is 546 g/mol. The molecule has 38 heavy (non-hydrogen) atoms. The number of rotatable bonds is 9. The fourth-order valence-electron chi connectivity index (χ4n) is 3.60. The number of ether oxygens (including phenoxy) is 1. The van der Waals surface area contributed by atoms with Crippen molar-refractivity contribution in [3.05, 3.63) is 119 Å². The predicted octanol–water partition coefficient (Wildman–Crippen LogP) is 6.77. The van der Waals surface area contributed by atoms with Crippen LogP contribution in [0.5, 0.6) is 5.75 Å². The van der Waals surface area contributed by atoms with Gasteiger partial charge in [-0.05, 0) is 66.2 Å². The summed E-state index contributed by atoms with van der Waals surface area (Å²) in [6.45, 7) is 0. The van der Waals surface area contributed by atoms with E-state index in [1.807, 2.05) is 36.4 Å². The molecule has 0 radical (unpaired) electrons. The number of thioether (sulfide) groups is 1. The first-order valence-corrected chi connectivity index (χ1v) is 12.7. The van der Waals surface area contributed by atoms with Gasteiger partial charge < -0.3 is 20.5 Å². The number of methoxy groups -OCH3 is 1. The highest BCUT2D eigenvalue weighted by Gasteiger charge is 2.23. The van der Waals surface area contributed by atoms with Crippen LogP contribution in [0.4, 0.5) is 11.4 Å². The van der Waals surface area contributed by atoms with Gasteiger partial charge in [-0.1, -0.05) is 48.0 Å². The Morgan fingerprint density at radius 1 is 0.842 bits per heavy atom. The topological polar surface area (TPSA) is 105 Å². The van der Waals surface area contributed by atoms with E-state index in [1.54, 1.807) is 55.6 Å². The maximum atomic E-state index is 13.4. The number of nitrogens with one attached hydrogen (secondary N) is 2. The summed E-state index contributed by atoms with van der Waals surface area (Å²) in [5.74, 6) is -1.15. The zero-order chi connectivity index (χ0) is 27.1. The number of carbonyl (C=O) groups excluding carboxylic acids is 2. The van der Waals surface area contributed by atoms with Crippen molar-refractivity contribution < 1.29 is 24.2 Å². The number of hydrogen-bond acceptors (Lipinski definition) is 5. The Morgan fingerprint density at radius 3 is 2.24 bits per heavy atom. The minimum absolute atomic E-state index is 0.0815. The molecular formula is C29H23ClN2O5S. The number of amides is 2. The average molecular weight is 547 g/mol. The maximum absolute atomic E-state index is 13.4. The predicted molar refractivity (Wildman–Crippen MR) is 149 cm³/mol. The number of aromatic carboxylic acids is 1. The standard InChI is InChI=1S/C29H23ClN2O5S/c1-37-22-13-10-19(11-14-22)27(33)31-20-8-5-9-23(16-20)38-26(18-6-3-2-4-7-18)28(34)32-21-12-15-25(30)24(17-21)29(35)36/h2-17,26H,1H3,(H,31,33)(H,32,34)(H,35,36). The first-order chi connectivity index (χ1) is 18.3. The van der Waals surface area contributed by atoms with Crippen LogP contribution in [0.1, 0.15) is 31.5 Å². The van der Waals surface area contributed by atoms with E-state index in [1.165, 1.54) is 23.9 Å². The van der Waals surface area contributed by atoms with E-state index in [-0.39, 0.29) is 22.4 Å². The van der Waals surface area contributed by atoms with Gasteiger partial charge in [-0.15, -0.1) is 11.8 Å². The fourth-order valence-corrected chi connectivity index (χ4v) is 4.89. The first-order valence-electron chi connectivity index (χ1n) is 11.4. The third-order valence-electron chi connectivity index (χ3n) is 5.50. The van der Waals surface area contributed by atoms with Gasteiger partial charge in [0.1, 0.15) is 11.0 Å². The molecule has 0 saturated heterocycles. The van der Waals surface area contributed by atoms with Crippen LogP contribution in [0, 0.1) is 0 Å². The number of hydrogen-bond donors (Lipinski definition) is 3. The molecule has 7 nitrogen and oxygen atoms in total. The van der Waals surface area contributed by atoms with Crippen molar-refractivity contribution in [1.82, 2.24) is 0 Å². The Balaban J connectivity index is 1.54. The summed E-state index contributed by atoms with van der Waals surface area (Å²) in [5, 5.41) is 14.5. The van der Waals surface area contributed by atoms with E-state index in [0.717, 1.165) is 10.5 Å². The second-order valence-electron chi connectivity index (χ2n) is 8.11. The summed E-state index contributed by atoms with van der Waals surface area (Å²) in [6, 6.07) is 27.5. The van der Waals surface area contributed by atoms with Crippen molar-refractivity contribution in [3.8, 4) is 5.75 Å². The summed E-state index contributed by atoms with van der Waals surface area (Å²) in [4.78, 5) is 38.3. The molecule has 0 aliphatic heterocycles. The lowest BCUT2D eigenvalue weighted by atomic mass is 10.1. The van der Waals surface area contributed by atoms with E-state index in [4.69, 9.17) is 16.3 Å². The summed E-state index contributed by atoms with van der Waals surface area (Å²) in [6.07, 6.45) is 0. The van der Waals surface area contributed by atoms with Gasteiger partial charge in [0.2, 0.25) is 5.91 Å². The van der Waals surface area contributed by atoms with E-state index in [9.17, 15) is 19.5 Å². The fraction of sp³-hybridized carbons (Fsp3) is 0.0690. The van der Waals surface area contributed by atoms with Gasteiger partial charge in [-0.25, -0.2) is 4.79 Å². The number of carboxylic acids is 1. The van der Waals surface area contributed by atoms with Gasteiger partial charge in [-0.2, -0.15) is 0 Å². The van der Waals surface area contributed by atoms with Crippen molar-refractivity contribution in [3.63, 3.8) is 0 Å². The van der Waals surface area contributed by atoms with Gasteiger partial charge >= 0.3 is 5.97 Å². The van der Waals surface area contributed by atoms with Crippen molar-refractivity contribution in [2.75, 3.05) is 17.7 Å². The largest absolute Gasteiger partial charge is 0.497 e. The zero-order valence-electron chi connectivity index (χ0n) is 20.2. The molecular weight excluding hydrogens is 524 g/mol. The number of anilines is 2. The van der Waals surface area contributed by atoms with Crippen molar-refractivity contribution in [1.29, 1.82) is 0 Å². The Hall–Kier alpha value is -4.27. The second-order valence-corrected chi connectivity index (χ2v) is 9.69. The summed E-state index contributed by atoms with van der Waals surface area (Å²) >= 11 is 7.27. The molecule has 0 aliphatic carbocycles. The van der Waals surface area contributed by atoms with E-state index in [0.29, 0.717) is 22.7 Å². The lowest BCUT2D eigenvalue weighted by Gasteiger charge is -2.18. The molecule has 4 aromatic rings. The van der Waals surface area contributed by atoms with Gasteiger partial charge in [0.05, 0.1) is 17.7 Å². The molecule has 192 valence electrons. The molecule has 0 spiro atoms. The van der Waals surface area contributed by atoms with Gasteiger partial charge in [0.25, 0.3) is 5.91 Å². The van der Waals surface area contributed by atoms with E-state index in [2.05, 4.69) is 10.6 Å². The summed E-state index contributed by atoms with van der Waals surface area (Å²) < 4.78 is 5.14. The van der Waals surface area contributed by atoms with Crippen molar-refractivity contribution >= 4 is 52.5 Å². The van der Waals surface area contributed by atoms with Crippen LogP contribution in [-0.2, 0) is 4.79 Å². The zero-order valence-corrected chi connectivity index (χ0v) is 21.8. The Morgan fingerprint density at radius 2 is 1.55 bits per heavy atom. The molecule has 1 atom stereocenters. The van der Waals surface area contributed by atoms with Gasteiger partial charge in [-0.3, -0.25) is 9.59 Å². The minimum atomic E-state index is -1.19. The third-order valence-corrected chi connectivity index (χ3v) is 7.08. The Bertz CT molecular complexity index is 1460. The highest BCUT2D eigenvalue weighted by atomic mass is 35.5. The van der Waals surface area contributed by atoms with Crippen LogP contribution in [-0.4, -0.2) is 30.0 Å².